The first kappa shape index (κ1) is 25.9. The first-order valence-corrected chi connectivity index (χ1v) is 13.3. The number of carbonyl (C=O) groups is 2. The molecule has 3 N–H and O–H groups in total. The molecule has 11 heteroatoms. The Hall–Kier alpha value is -3.73. The highest BCUT2D eigenvalue weighted by Crippen LogP contribution is 2.34. The molecule has 4 heterocycles. The number of nitrogens with zero attached hydrogens (tertiary/aromatic N) is 5. The molecule has 1 saturated heterocycles. The Kier molecular flexibility index (Phi) is 7.20. The number of aromatic nitrogens is 4. The van der Waals surface area contributed by atoms with E-state index in [0.717, 1.165) is 42.3 Å². The summed E-state index contributed by atoms with van der Waals surface area (Å²) in [6.45, 7) is 7.51. The van der Waals surface area contributed by atoms with Crippen LogP contribution in [0.25, 0.3) is 11.0 Å². The Bertz CT molecular complexity index is 1310. The fraction of sp³-hybridized carbons (Fsp3) is 0.519. The van der Waals surface area contributed by atoms with Crippen molar-refractivity contribution in [1.82, 2.24) is 35.1 Å². The summed E-state index contributed by atoms with van der Waals surface area (Å²) in [6, 6.07) is 5.74. The lowest BCUT2D eigenvalue weighted by atomic mass is 10.1. The van der Waals surface area contributed by atoms with Gasteiger partial charge in [0.25, 0.3) is 5.91 Å². The molecule has 2 fully saturated rings. The van der Waals surface area contributed by atoms with Crippen LogP contribution >= 0.6 is 0 Å². The summed E-state index contributed by atoms with van der Waals surface area (Å²) in [7, 11) is 1.64. The highest BCUT2D eigenvalue weighted by Gasteiger charge is 2.31. The van der Waals surface area contributed by atoms with E-state index in [0.29, 0.717) is 37.1 Å². The molecule has 3 aromatic heterocycles. The minimum atomic E-state index is -0.557. The van der Waals surface area contributed by atoms with Crippen molar-refractivity contribution >= 4 is 34.8 Å². The molecule has 5 rings (SSSR count). The molecule has 1 unspecified atom stereocenters. The third-order valence-electron chi connectivity index (χ3n) is 7.01. The Morgan fingerprint density at radius 1 is 1.13 bits per heavy atom. The lowest BCUT2D eigenvalue weighted by Gasteiger charge is -2.37. The van der Waals surface area contributed by atoms with Gasteiger partial charge in [0, 0.05) is 50.5 Å². The molecule has 202 valence electrons. The number of pyridine rings is 1. The molecule has 1 atom stereocenters. The lowest BCUT2D eigenvalue weighted by Crippen LogP contribution is -2.50. The van der Waals surface area contributed by atoms with E-state index in [4.69, 9.17) is 9.72 Å². The van der Waals surface area contributed by atoms with Crippen LogP contribution in [0.1, 0.15) is 74.6 Å². The smallest absolute Gasteiger partial charge is 0.410 e. The molecule has 0 bridgehead atoms. The van der Waals surface area contributed by atoms with Crippen molar-refractivity contribution in [1.29, 1.82) is 0 Å². The van der Waals surface area contributed by atoms with E-state index in [2.05, 4.69) is 30.5 Å². The van der Waals surface area contributed by atoms with Crippen molar-refractivity contribution < 1.29 is 14.3 Å². The van der Waals surface area contributed by atoms with Crippen LogP contribution in [0.4, 0.5) is 16.6 Å². The predicted octanol–water partition coefficient (Wildman–Crippen LogP) is 3.93. The molecule has 0 aromatic carbocycles. The van der Waals surface area contributed by atoms with Gasteiger partial charge in [-0.1, -0.05) is 18.9 Å². The van der Waals surface area contributed by atoms with Crippen molar-refractivity contribution in [2.24, 2.45) is 0 Å². The molecule has 0 radical (unpaired) electrons. The summed E-state index contributed by atoms with van der Waals surface area (Å²) in [5.74, 6) is 0.874. The number of ether oxygens (including phenoxy) is 1. The van der Waals surface area contributed by atoms with Gasteiger partial charge in [0.1, 0.15) is 22.8 Å². The van der Waals surface area contributed by atoms with E-state index >= 15 is 0 Å². The normalized spacial score (nSPS) is 18.5. The summed E-state index contributed by atoms with van der Waals surface area (Å²) in [6.07, 6.45) is 7.52. The van der Waals surface area contributed by atoms with Crippen LogP contribution in [0.3, 0.4) is 0 Å². The van der Waals surface area contributed by atoms with Crippen LogP contribution in [-0.4, -0.2) is 68.7 Å². The Labute approximate surface area is 222 Å². The van der Waals surface area contributed by atoms with Crippen LogP contribution in [0, 0.1) is 0 Å². The second-order valence-corrected chi connectivity index (χ2v) is 10.9. The third-order valence-corrected chi connectivity index (χ3v) is 7.01. The Morgan fingerprint density at radius 3 is 2.61 bits per heavy atom. The Balaban J connectivity index is 1.37. The maximum atomic E-state index is 12.8. The number of piperazine rings is 1. The summed E-state index contributed by atoms with van der Waals surface area (Å²) in [5, 5.41) is 10.1. The minimum absolute atomic E-state index is 0.126. The maximum absolute atomic E-state index is 12.8. The highest BCUT2D eigenvalue weighted by molar-refractivity contribution is 5.98. The van der Waals surface area contributed by atoms with Crippen molar-refractivity contribution in [2.45, 2.75) is 64.1 Å². The standard InChI is InChI=1S/C27H36N8O3/c1-27(2,3)38-26(37)34-12-11-29-16-21(34)17-9-10-22(30-14-17)32-25-31-15-18-13-20(24(36)28-4)35(23(18)33-25)19-7-5-6-8-19/h9-10,13-15,19,21,29H,5-8,11-12,16H2,1-4H3,(H,28,36)(H,30,31,32,33). The quantitative estimate of drug-likeness (QED) is 0.462. The van der Waals surface area contributed by atoms with Crippen molar-refractivity contribution in [3.63, 3.8) is 0 Å². The van der Waals surface area contributed by atoms with E-state index in [-0.39, 0.29) is 24.1 Å². The van der Waals surface area contributed by atoms with E-state index in [1.807, 2.05) is 39.0 Å². The third kappa shape index (κ3) is 5.42. The minimum Gasteiger partial charge on any atom is -0.444 e. The predicted molar refractivity (Wildman–Crippen MR) is 144 cm³/mol. The van der Waals surface area contributed by atoms with E-state index in [1.165, 1.54) is 0 Å². The SMILES string of the molecule is CNC(=O)c1cc2cnc(Nc3ccc(C4CNCCN4C(=O)OC(C)(C)C)cn3)nc2n1C1CCCC1. The van der Waals surface area contributed by atoms with Gasteiger partial charge in [0.15, 0.2) is 0 Å². The number of hydrogen-bond donors (Lipinski definition) is 3. The average molecular weight is 521 g/mol. The number of fused-ring (bicyclic) bond motifs is 1. The van der Waals surface area contributed by atoms with Gasteiger partial charge in [-0.2, -0.15) is 4.98 Å². The van der Waals surface area contributed by atoms with Crippen molar-refractivity contribution in [3.8, 4) is 0 Å². The van der Waals surface area contributed by atoms with Crippen LogP contribution in [0.5, 0.6) is 0 Å². The van der Waals surface area contributed by atoms with Gasteiger partial charge in [-0.25, -0.2) is 14.8 Å². The van der Waals surface area contributed by atoms with Crippen LogP contribution in [0.2, 0.25) is 0 Å². The molecular weight excluding hydrogens is 484 g/mol. The van der Waals surface area contributed by atoms with Crippen molar-refractivity contribution in [2.75, 3.05) is 32.0 Å². The van der Waals surface area contributed by atoms with E-state index in [1.54, 1.807) is 24.3 Å². The van der Waals surface area contributed by atoms with Gasteiger partial charge < -0.3 is 25.3 Å². The fourth-order valence-electron chi connectivity index (χ4n) is 5.24. The number of rotatable bonds is 5. The topological polar surface area (TPSA) is 126 Å². The first-order chi connectivity index (χ1) is 18.2. The molecule has 2 aliphatic rings. The molecule has 1 aliphatic carbocycles. The molecule has 1 aliphatic heterocycles. The molecule has 38 heavy (non-hydrogen) atoms. The lowest BCUT2D eigenvalue weighted by molar-refractivity contribution is 0.0117. The van der Waals surface area contributed by atoms with Gasteiger partial charge in [0.05, 0.1) is 6.04 Å². The second kappa shape index (κ2) is 10.6. The van der Waals surface area contributed by atoms with Gasteiger partial charge in [-0.05, 0) is 51.3 Å². The van der Waals surface area contributed by atoms with Crippen molar-refractivity contribution in [3.05, 3.63) is 41.9 Å². The summed E-state index contributed by atoms with van der Waals surface area (Å²) in [5.41, 5.74) is 1.71. The largest absolute Gasteiger partial charge is 0.444 e. The zero-order valence-corrected chi connectivity index (χ0v) is 22.5. The van der Waals surface area contributed by atoms with Gasteiger partial charge >= 0.3 is 6.09 Å². The van der Waals surface area contributed by atoms with Crippen LogP contribution < -0.4 is 16.0 Å². The van der Waals surface area contributed by atoms with E-state index in [9.17, 15) is 9.59 Å². The highest BCUT2D eigenvalue weighted by atomic mass is 16.6. The summed E-state index contributed by atoms with van der Waals surface area (Å²) >= 11 is 0. The number of nitrogens with one attached hydrogen (secondary N) is 3. The monoisotopic (exact) mass is 520 g/mol. The zero-order chi connectivity index (χ0) is 26.9. The summed E-state index contributed by atoms with van der Waals surface area (Å²) < 4.78 is 7.68. The van der Waals surface area contributed by atoms with E-state index < -0.39 is 5.60 Å². The zero-order valence-electron chi connectivity index (χ0n) is 22.5. The molecule has 1 saturated carbocycles. The van der Waals surface area contributed by atoms with Crippen LogP contribution in [0.15, 0.2) is 30.6 Å². The molecule has 3 aromatic rings. The van der Waals surface area contributed by atoms with Gasteiger partial charge in [0.2, 0.25) is 5.95 Å². The average Bonchev–Trinajstić information content (AvgIpc) is 3.55. The van der Waals surface area contributed by atoms with Gasteiger partial charge in [-0.15, -0.1) is 0 Å². The van der Waals surface area contributed by atoms with Gasteiger partial charge in [-0.3, -0.25) is 9.69 Å². The Morgan fingerprint density at radius 2 is 1.92 bits per heavy atom. The second-order valence-electron chi connectivity index (χ2n) is 10.9. The maximum Gasteiger partial charge on any atom is 0.410 e. The summed E-state index contributed by atoms with van der Waals surface area (Å²) in [4.78, 5) is 41.0. The molecule has 2 amide bonds. The molecule has 0 spiro atoms. The number of anilines is 2. The number of hydrogen-bond acceptors (Lipinski definition) is 8. The first-order valence-electron chi connectivity index (χ1n) is 13.3. The fourth-order valence-corrected chi connectivity index (χ4v) is 5.24. The molecule has 11 nitrogen and oxygen atoms in total. The number of carbonyl (C=O) groups excluding carboxylic acids is 2. The molecular formula is C27H36N8O3. The van der Waals surface area contributed by atoms with Crippen LogP contribution in [-0.2, 0) is 4.74 Å². The number of amides is 2.